The first-order valence-electron chi connectivity index (χ1n) is 16.1. The van der Waals surface area contributed by atoms with Crippen LogP contribution in [0.1, 0.15) is 0 Å². The number of rotatable bonds is 2. The van der Waals surface area contributed by atoms with Gasteiger partial charge < -0.3 is 8.97 Å². The van der Waals surface area contributed by atoms with Crippen LogP contribution in [0.5, 0.6) is 0 Å². The highest BCUT2D eigenvalue weighted by atomic mass is 32.1. The van der Waals surface area contributed by atoms with Gasteiger partial charge in [-0.2, -0.15) is 0 Å². The Balaban J connectivity index is 1.33. The fourth-order valence-electron chi connectivity index (χ4n) is 8.19. The largest absolute Gasteiger partial charge is 0.309 e. The first-order chi connectivity index (χ1) is 23.3. The lowest BCUT2D eigenvalue weighted by Crippen LogP contribution is -1.95. The van der Waals surface area contributed by atoms with Crippen molar-refractivity contribution in [2.75, 3.05) is 0 Å². The molecule has 0 fully saturated rings. The van der Waals surface area contributed by atoms with Crippen LogP contribution in [0.2, 0.25) is 0 Å². The zero-order chi connectivity index (χ0) is 30.6. The second-order valence-electron chi connectivity index (χ2n) is 12.5. The summed E-state index contributed by atoms with van der Waals surface area (Å²) in [6.45, 7) is 0. The van der Waals surface area contributed by atoms with Crippen molar-refractivity contribution in [1.29, 1.82) is 0 Å². The molecule has 218 valence electrons. The van der Waals surface area contributed by atoms with E-state index in [0.29, 0.717) is 0 Å². The van der Waals surface area contributed by atoms with Gasteiger partial charge in [0.2, 0.25) is 0 Å². The van der Waals surface area contributed by atoms with Gasteiger partial charge in [-0.3, -0.25) is 0 Å². The topological polar surface area (TPSA) is 9.34 Å². The SMILES string of the molecule is c1ccc(-c2c3ccc(-n4c5ccccc5c5c6c(ccc54)sc4ccccc46)cc3n3c4ccccc4c4ccccc4c23)cc1. The molecule has 0 N–H and O–H groups in total. The minimum atomic E-state index is 1.17. The smallest absolute Gasteiger partial charge is 0.0626 e. The molecule has 0 radical (unpaired) electrons. The summed E-state index contributed by atoms with van der Waals surface area (Å²) in [4.78, 5) is 0. The Bertz CT molecular complexity index is 3070. The molecule has 0 bridgehead atoms. The monoisotopic (exact) mass is 614 g/mol. The molecule has 47 heavy (non-hydrogen) atoms. The Labute approximate surface area is 273 Å². The van der Waals surface area contributed by atoms with Crippen molar-refractivity contribution in [1.82, 2.24) is 8.97 Å². The number of pyridine rings is 1. The van der Waals surface area contributed by atoms with Gasteiger partial charge in [0.05, 0.1) is 27.6 Å². The molecule has 0 saturated carbocycles. The third kappa shape index (κ3) is 3.34. The molecule has 0 spiro atoms. The van der Waals surface area contributed by atoms with Crippen LogP contribution in [0.4, 0.5) is 0 Å². The summed E-state index contributed by atoms with van der Waals surface area (Å²) in [6.07, 6.45) is 0. The van der Waals surface area contributed by atoms with Crippen molar-refractivity contribution >= 4 is 91.4 Å². The molecular weight excluding hydrogens is 589 g/mol. The molecule has 0 saturated heterocycles. The van der Waals surface area contributed by atoms with Gasteiger partial charge in [-0.25, -0.2) is 0 Å². The predicted octanol–water partition coefficient (Wildman–Crippen LogP) is 12.5. The minimum Gasteiger partial charge on any atom is -0.309 e. The van der Waals surface area contributed by atoms with Gasteiger partial charge in [-0.15, -0.1) is 11.3 Å². The van der Waals surface area contributed by atoms with Crippen LogP contribution in [0.3, 0.4) is 0 Å². The van der Waals surface area contributed by atoms with E-state index in [1.165, 1.54) is 96.9 Å². The summed E-state index contributed by atoms with van der Waals surface area (Å²) in [5, 5.41) is 10.4. The van der Waals surface area contributed by atoms with E-state index in [1.54, 1.807) is 0 Å². The van der Waals surface area contributed by atoms with Crippen LogP contribution >= 0.6 is 11.3 Å². The standard InChI is InChI=1S/C44H26N2S/c1-2-12-27(13-3-1)41-33-23-22-28(26-38(33)46-35-19-9-6-15-30(35)29-14-4-5-16-31(29)44(41)46)45-36-20-10-7-17-32(36)42-37(45)24-25-40-43(42)34-18-8-11-21-39(34)47-40/h1-26H. The lowest BCUT2D eigenvalue weighted by Gasteiger charge is -2.12. The van der Waals surface area contributed by atoms with E-state index in [0.717, 1.165) is 0 Å². The summed E-state index contributed by atoms with van der Waals surface area (Å²) < 4.78 is 7.65. The maximum absolute atomic E-state index is 2.51. The Morgan fingerprint density at radius 3 is 1.91 bits per heavy atom. The number of benzene rings is 7. The number of thiophene rings is 1. The molecule has 11 rings (SSSR count). The van der Waals surface area contributed by atoms with Gasteiger partial charge in [0.1, 0.15) is 0 Å². The molecule has 3 heteroatoms. The zero-order valence-corrected chi connectivity index (χ0v) is 26.1. The molecule has 11 aromatic rings. The van der Waals surface area contributed by atoms with Crippen molar-refractivity contribution in [3.8, 4) is 16.8 Å². The number of aromatic nitrogens is 2. The molecule has 0 aliphatic heterocycles. The summed E-state index contributed by atoms with van der Waals surface area (Å²) in [5.41, 5.74) is 9.83. The first-order valence-corrected chi connectivity index (χ1v) is 16.9. The third-order valence-electron chi connectivity index (χ3n) is 10.1. The quantitative estimate of drug-likeness (QED) is 0.171. The van der Waals surface area contributed by atoms with Crippen molar-refractivity contribution < 1.29 is 0 Å². The average Bonchev–Trinajstić information content (AvgIpc) is 3.79. The van der Waals surface area contributed by atoms with Crippen LogP contribution in [-0.4, -0.2) is 8.97 Å². The molecule has 0 aliphatic carbocycles. The van der Waals surface area contributed by atoms with E-state index >= 15 is 0 Å². The van der Waals surface area contributed by atoms with E-state index in [-0.39, 0.29) is 0 Å². The lowest BCUT2D eigenvalue weighted by atomic mass is 9.99. The number of para-hydroxylation sites is 2. The normalized spacial score (nSPS) is 12.3. The molecule has 4 heterocycles. The van der Waals surface area contributed by atoms with E-state index in [2.05, 4.69) is 167 Å². The highest BCUT2D eigenvalue weighted by Gasteiger charge is 2.22. The Morgan fingerprint density at radius 2 is 1.06 bits per heavy atom. The summed E-state index contributed by atoms with van der Waals surface area (Å²) in [5.74, 6) is 0. The van der Waals surface area contributed by atoms with Crippen LogP contribution in [0.25, 0.3) is 96.9 Å². The molecule has 0 atom stereocenters. The van der Waals surface area contributed by atoms with E-state index in [4.69, 9.17) is 0 Å². The highest BCUT2D eigenvalue weighted by Crippen LogP contribution is 2.45. The molecule has 0 aliphatic rings. The fourth-order valence-corrected chi connectivity index (χ4v) is 9.30. The summed E-state index contributed by atoms with van der Waals surface area (Å²) in [6, 6.07) is 58.1. The van der Waals surface area contributed by atoms with Crippen LogP contribution < -0.4 is 0 Å². The van der Waals surface area contributed by atoms with Gasteiger partial charge in [0.15, 0.2) is 0 Å². The van der Waals surface area contributed by atoms with Gasteiger partial charge >= 0.3 is 0 Å². The minimum absolute atomic E-state index is 1.17. The Morgan fingerprint density at radius 1 is 0.383 bits per heavy atom. The summed E-state index contributed by atoms with van der Waals surface area (Å²) in [7, 11) is 0. The van der Waals surface area contributed by atoms with Crippen LogP contribution in [0.15, 0.2) is 158 Å². The summed E-state index contributed by atoms with van der Waals surface area (Å²) >= 11 is 1.88. The maximum atomic E-state index is 2.51. The Hall–Kier alpha value is -5.90. The average molecular weight is 615 g/mol. The first kappa shape index (κ1) is 25.3. The molecular formula is C44H26N2S. The van der Waals surface area contributed by atoms with Gasteiger partial charge in [0, 0.05) is 58.4 Å². The van der Waals surface area contributed by atoms with Crippen molar-refractivity contribution in [2.24, 2.45) is 0 Å². The van der Waals surface area contributed by atoms with E-state index in [1.807, 2.05) is 11.3 Å². The second-order valence-corrected chi connectivity index (χ2v) is 13.6. The molecule has 4 aromatic heterocycles. The van der Waals surface area contributed by atoms with E-state index < -0.39 is 0 Å². The number of fused-ring (bicyclic) bond motifs is 15. The molecule has 0 unspecified atom stereocenters. The molecule has 7 aromatic carbocycles. The van der Waals surface area contributed by atoms with Crippen LogP contribution in [0, 0.1) is 0 Å². The second kappa shape index (κ2) is 9.32. The molecule has 2 nitrogen and oxygen atoms in total. The van der Waals surface area contributed by atoms with Gasteiger partial charge in [-0.05, 0) is 53.4 Å². The van der Waals surface area contributed by atoms with Crippen molar-refractivity contribution in [2.45, 2.75) is 0 Å². The number of hydrogen-bond acceptors (Lipinski definition) is 1. The predicted molar refractivity (Wildman–Crippen MR) is 203 cm³/mol. The van der Waals surface area contributed by atoms with Crippen molar-refractivity contribution in [3.05, 3.63) is 158 Å². The zero-order valence-electron chi connectivity index (χ0n) is 25.3. The van der Waals surface area contributed by atoms with Crippen LogP contribution in [-0.2, 0) is 0 Å². The maximum Gasteiger partial charge on any atom is 0.0626 e. The van der Waals surface area contributed by atoms with E-state index in [9.17, 15) is 0 Å². The highest BCUT2D eigenvalue weighted by molar-refractivity contribution is 7.26. The number of nitrogens with zero attached hydrogens (tertiary/aromatic N) is 2. The number of hydrogen-bond donors (Lipinski definition) is 0. The Kier molecular flexibility index (Phi) is 5.02. The fraction of sp³-hybridized carbons (Fsp3) is 0. The van der Waals surface area contributed by atoms with Crippen molar-refractivity contribution in [3.63, 3.8) is 0 Å². The third-order valence-corrected chi connectivity index (χ3v) is 11.2. The lowest BCUT2D eigenvalue weighted by molar-refractivity contribution is 1.18. The van der Waals surface area contributed by atoms with Gasteiger partial charge in [0.25, 0.3) is 0 Å². The van der Waals surface area contributed by atoms with Gasteiger partial charge in [-0.1, -0.05) is 115 Å². The molecule has 0 amide bonds.